The van der Waals surface area contributed by atoms with Crippen LogP contribution in [0.25, 0.3) is 0 Å². The molecule has 4 rings (SSSR count). The molecule has 6 heteroatoms. The molecular formula is C23H28N4O2. The van der Waals surface area contributed by atoms with Crippen LogP contribution in [0.2, 0.25) is 0 Å². The van der Waals surface area contributed by atoms with E-state index in [0.717, 1.165) is 23.7 Å². The van der Waals surface area contributed by atoms with Gasteiger partial charge in [0.1, 0.15) is 28.9 Å². The smallest absolute Gasteiger partial charge is 0.226 e. The molecule has 6 nitrogen and oxygen atoms in total. The first-order valence-corrected chi connectivity index (χ1v) is 10.5. The molecule has 152 valence electrons. The molecule has 4 N–H and O–H groups in total. The average molecular weight is 393 g/mol. The summed E-state index contributed by atoms with van der Waals surface area (Å²) in [5, 5.41) is 9.23. The first-order valence-electron chi connectivity index (χ1n) is 10.5. The third kappa shape index (κ3) is 3.95. The Labute approximate surface area is 171 Å². The van der Waals surface area contributed by atoms with Gasteiger partial charge in [-0.1, -0.05) is 45.1 Å². The van der Waals surface area contributed by atoms with Crippen molar-refractivity contribution in [3.63, 3.8) is 0 Å². The third-order valence-corrected chi connectivity index (χ3v) is 6.35. The van der Waals surface area contributed by atoms with Crippen molar-refractivity contribution in [3.05, 3.63) is 34.9 Å². The van der Waals surface area contributed by atoms with Crippen LogP contribution in [0.5, 0.6) is 17.4 Å². The second-order valence-electron chi connectivity index (χ2n) is 8.24. The number of benzene rings is 1. The molecule has 0 bridgehead atoms. The lowest BCUT2D eigenvalue weighted by Crippen LogP contribution is -2.17. The number of pyridine rings is 1. The zero-order valence-corrected chi connectivity index (χ0v) is 16.9. The molecule has 2 aliphatic rings. The van der Waals surface area contributed by atoms with E-state index in [1.54, 1.807) is 0 Å². The maximum atomic E-state index is 9.23. The standard InChI is InChI=1S/C23H28N4O2/c1-14(15-5-3-2-4-6-15)9-10-28-17-8-7-16-11-18-21(25)19(13-24)22(26)27-23(18)29-20(16)12-17/h7-8,12,14-15H,2-6,9-11H2,1H3,(H4,25,26,27). The second kappa shape index (κ2) is 8.20. The van der Waals surface area contributed by atoms with Crippen LogP contribution in [-0.4, -0.2) is 11.6 Å². The van der Waals surface area contributed by atoms with Crippen LogP contribution in [0.15, 0.2) is 18.2 Å². The van der Waals surface area contributed by atoms with Gasteiger partial charge in [0.05, 0.1) is 12.3 Å². The summed E-state index contributed by atoms with van der Waals surface area (Å²) in [5.41, 5.74) is 14.2. The summed E-state index contributed by atoms with van der Waals surface area (Å²) >= 11 is 0. The number of aromatic nitrogens is 1. The molecule has 1 aliphatic heterocycles. The minimum atomic E-state index is 0.0938. The van der Waals surface area contributed by atoms with E-state index in [9.17, 15) is 5.26 Å². The molecule has 2 aromatic rings. The number of nitrogens with two attached hydrogens (primary N) is 2. The summed E-state index contributed by atoms with van der Waals surface area (Å²) in [7, 11) is 0. The van der Waals surface area contributed by atoms with Crippen LogP contribution in [0.4, 0.5) is 11.5 Å². The minimum Gasteiger partial charge on any atom is -0.493 e. The molecule has 0 spiro atoms. The van der Waals surface area contributed by atoms with Crippen molar-refractivity contribution in [1.82, 2.24) is 4.98 Å². The lowest BCUT2D eigenvalue weighted by Gasteiger charge is -2.27. The summed E-state index contributed by atoms with van der Waals surface area (Å²) in [4.78, 5) is 4.22. The fourth-order valence-corrected chi connectivity index (χ4v) is 4.47. The number of nitriles is 1. The van der Waals surface area contributed by atoms with Crippen molar-refractivity contribution in [3.8, 4) is 23.4 Å². The van der Waals surface area contributed by atoms with E-state index in [1.807, 2.05) is 24.3 Å². The van der Waals surface area contributed by atoms with Gasteiger partial charge in [0, 0.05) is 18.1 Å². The molecule has 1 fully saturated rings. The fraction of sp³-hybridized carbons (Fsp3) is 0.478. The average Bonchev–Trinajstić information content (AvgIpc) is 2.73. The van der Waals surface area contributed by atoms with Crippen molar-refractivity contribution >= 4 is 11.5 Å². The lowest BCUT2D eigenvalue weighted by atomic mass is 9.80. The highest BCUT2D eigenvalue weighted by molar-refractivity contribution is 5.72. The van der Waals surface area contributed by atoms with Crippen LogP contribution in [0.3, 0.4) is 0 Å². The van der Waals surface area contributed by atoms with Crippen molar-refractivity contribution in [2.24, 2.45) is 11.8 Å². The van der Waals surface area contributed by atoms with E-state index >= 15 is 0 Å². The van der Waals surface area contributed by atoms with E-state index < -0.39 is 0 Å². The van der Waals surface area contributed by atoms with Crippen molar-refractivity contribution in [1.29, 1.82) is 5.26 Å². The molecule has 0 saturated heterocycles. The van der Waals surface area contributed by atoms with Crippen LogP contribution < -0.4 is 20.9 Å². The van der Waals surface area contributed by atoms with Gasteiger partial charge in [0.2, 0.25) is 5.88 Å². The molecule has 1 aromatic heterocycles. The number of ether oxygens (including phenoxy) is 2. The van der Waals surface area contributed by atoms with Crippen LogP contribution in [0.1, 0.15) is 62.1 Å². The molecule has 0 radical (unpaired) electrons. The highest BCUT2D eigenvalue weighted by Gasteiger charge is 2.25. The van der Waals surface area contributed by atoms with E-state index in [-0.39, 0.29) is 11.4 Å². The summed E-state index contributed by atoms with van der Waals surface area (Å²) in [5.74, 6) is 3.49. The summed E-state index contributed by atoms with van der Waals surface area (Å²) in [6.07, 6.45) is 8.48. The quantitative estimate of drug-likeness (QED) is 0.646. The van der Waals surface area contributed by atoms with Gasteiger partial charge in [-0.3, -0.25) is 0 Å². The monoisotopic (exact) mass is 392 g/mol. The SMILES string of the molecule is CC(CCOc1ccc2c(c1)Oc1nc(N)c(C#N)c(N)c1C2)C1CCCCC1. The molecule has 1 atom stereocenters. The summed E-state index contributed by atoms with van der Waals surface area (Å²) in [6.45, 7) is 3.05. The number of nitrogen functional groups attached to an aromatic ring is 2. The first-order chi connectivity index (χ1) is 14.1. The number of anilines is 2. The van der Waals surface area contributed by atoms with Crippen LogP contribution in [0, 0.1) is 23.2 Å². The lowest BCUT2D eigenvalue weighted by molar-refractivity contribution is 0.209. The van der Waals surface area contributed by atoms with Gasteiger partial charge in [0.15, 0.2) is 0 Å². The van der Waals surface area contributed by atoms with Gasteiger partial charge in [-0.25, -0.2) is 0 Å². The van der Waals surface area contributed by atoms with Gasteiger partial charge >= 0.3 is 0 Å². The Morgan fingerprint density at radius 2 is 2.07 bits per heavy atom. The normalized spacial score (nSPS) is 16.8. The molecule has 0 amide bonds. The van der Waals surface area contributed by atoms with E-state index in [4.69, 9.17) is 20.9 Å². The maximum absolute atomic E-state index is 9.23. The second-order valence-corrected chi connectivity index (χ2v) is 8.24. The molecule has 1 aliphatic carbocycles. The first kappa shape index (κ1) is 19.4. The highest BCUT2D eigenvalue weighted by atomic mass is 16.5. The van der Waals surface area contributed by atoms with E-state index in [0.29, 0.717) is 41.8 Å². The van der Waals surface area contributed by atoms with Gasteiger partial charge in [-0.05, 0) is 29.9 Å². The predicted molar refractivity (Wildman–Crippen MR) is 113 cm³/mol. The molecule has 29 heavy (non-hydrogen) atoms. The third-order valence-electron chi connectivity index (χ3n) is 6.35. The van der Waals surface area contributed by atoms with Gasteiger partial charge in [-0.2, -0.15) is 10.2 Å². The largest absolute Gasteiger partial charge is 0.493 e. The Hall–Kier alpha value is -2.94. The Kier molecular flexibility index (Phi) is 5.48. The van der Waals surface area contributed by atoms with Crippen molar-refractivity contribution in [2.45, 2.75) is 51.9 Å². The number of nitrogens with zero attached hydrogens (tertiary/aromatic N) is 2. The van der Waals surface area contributed by atoms with Crippen LogP contribution >= 0.6 is 0 Å². The Morgan fingerprint density at radius 3 is 2.83 bits per heavy atom. The maximum Gasteiger partial charge on any atom is 0.226 e. The van der Waals surface area contributed by atoms with Gasteiger partial charge < -0.3 is 20.9 Å². The summed E-state index contributed by atoms with van der Waals surface area (Å²) < 4.78 is 12.0. The number of fused-ring (bicyclic) bond motifs is 2. The minimum absolute atomic E-state index is 0.0938. The Morgan fingerprint density at radius 1 is 1.28 bits per heavy atom. The Balaban J connectivity index is 1.41. The van der Waals surface area contributed by atoms with Gasteiger partial charge in [0.25, 0.3) is 0 Å². The van der Waals surface area contributed by atoms with Crippen molar-refractivity contribution < 1.29 is 9.47 Å². The Bertz CT molecular complexity index is 945. The number of hydrogen-bond donors (Lipinski definition) is 2. The van der Waals surface area contributed by atoms with Crippen molar-refractivity contribution in [2.75, 3.05) is 18.1 Å². The molecular weight excluding hydrogens is 364 g/mol. The molecule has 1 unspecified atom stereocenters. The van der Waals surface area contributed by atoms with E-state index in [1.165, 1.54) is 32.1 Å². The molecule has 1 saturated carbocycles. The summed E-state index contributed by atoms with van der Waals surface area (Å²) in [6, 6.07) is 7.86. The molecule has 2 heterocycles. The van der Waals surface area contributed by atoms with E-state index in [2.05, 4.69) is 11.9 Å². The number of rotatable bonds is 5. The highest BCUT2D eigenvalue weighted by Crippen LogP contribution is 2.41. The zero-order chi connectivity index (χ0) is 20.4. The zero-order valence-electron chi connectivity index (χ0n) is 16.9. The van der Waals surface area contributed by atoms with Gasteiger partial charge in [-0.15, -0.1) is 0 Å². The topological polar surface area (TPSA) is 107 Å². The number of hydrogen-bond acceptors (Lipinski definition) is 6. The predicted octanol–water partition coefficient (Wildman–Crippen LogP) is 4.80. The van der Waals surface area contributed by atoms with Crippen LogP contribution in [-0.2, 0) is 6.42 Å². The fourth-order valence-electron chi connectivity index (χ4n) is 4.47. The molecule has 1 aromatic carbocycles.